The molecular weight excluding hydrogens is 371 g/mol. The summed E-state index contributed by atoms with van der Waals surface area (Å²) in [6, 6.07) is 1.57. The summed E-state index contributed by atoms with van der Waals surface area (Å²) >= 11 is 2.39. The average Bonchev–Trinajstić information content (AvgIpc) is 3.33. The van der Waals surface area contributed by atoms with Crippen molar-refractivity contribution in [3.05, 3.63) is 28.7 Å². The van der Waals surface area contributed by atoms with Gasteiger partial charge in [0, 0.05) is 23.8 Å². The second-order valence-corrected chi connectivity index (χ2v) is 7.15. The number of alkyl halides is 3. The zero-order valence-corrected chi connectivity index (χ0v) is 14.4. The van der Waals surface area contributed by atoms with Crippen LogP contribution in [0.15, 0.2) is 16.8 Å². The zero-order chi connectivity index (χ0) is 17.4. The molecule has 0 spiro atoms. The van der Waals surface area contributed by atoms with Gasteiger partial charge in [0.05, 0.1) is 11.9 Å². The summed E-state index contributed by atoms with van der Waals surface area (Å²) in [4.78, 5) is 18.6. The van der Waals surface area contributed by atoms with Crippen molar-refractivity contribution in [3.63, 3.8) is 0 Å². The van der Waals surface area contributed by atoms with Crippen molar-refractivity contribution in [3.8, 4) is 22.2 Å². The van der Waals surface area contributed by atoms with Crippen LogP contribution in [0.2, 0.25) is 0 Å². The molecular formula is C15H11F3N5S2. The summed E-state index contributed by atoms with van der Waals surface area (Å²) in [6.07, 6.45) is 0.518. The van der Waals surface area contributed by atoms with Gasteiger partial charge in [-0.3, -0.25) is 0 Å². The van der Waals surface area contributed by atoms with E-state index in [1.165, 1.54) is 11.3 Å². The normalized spacial score (nSPS) is 15.1. The molecule has 1 fully saturated rings. The average molecular weight is 382 g/mol. The number of aromatic nitrogens is 4. The first-order valence-electron chi connectivity index (χ1n) is 7.50. The van der Waals surface area contributed by atoms with Crippen molar-refractivity contribution in [1.82, 2.24) is 19.9 Å². The Hall–Kier alpha value is -2.07. The first kappa shape index (κ1) is 16.4. The standard InChI is InChI=1S/C15H11F3N5S2/c16-15(17,18)11-8-24-13(22-11)12-19-4-3-9(20-12)10-7-25-14(21-10)23-5-1-2-6-23/h3,7-8H,1-2,5-6H2. The highest BCUT2D eigenvalue weighted by Gasteiger charge is 2.34. The summed E-state index contributed by atoms with van der Waals surface area (Å²) in [5.41, 5.74) is 0.251. The summed E-state index contributed by atoms with van der Waals surface area (Å²) in [6.45, 7) is 1.99. The molecule has 0 N–H and O–H groups in total. The smallest absolute Gasteiger partial charge is 0.348 e. The molecule has 0 aromatic carbocycles. The van der Waals surface area contributed by atoms with Gasteiger partial charge in [0.1, 0.15) is 5.69 Å². The highest BCUT2D eigenvalue weighted by molar-refractivity contribution is 7.14. The Balaban J connectivity index is 1.62. The number of nitrogens with zero attached hydrogens (tertiary/aromatic N) is 5. The van der Waals surface area contributed by atoms with Crippen LogP contribution in [-0.4, -0.2) is 33.0 Å². The number of hydrogen-bond acceptors (Lipinski definition) is 7. The van der Waals surface area contributed by atoms with Gasteiger partial charge in [-0.1, -0.05) is 0 Å². The Bertz CT molecular complexity index is 883. The number of halogens is 3. The second kappa shape index (κ2) is 6.34. The van der Waals surface area contributed by atoms with Gasteiger partial charge in [-0.05, 0) is 18.9 Å². The summed E-state index contributed by atoms with van der Waals surface area (Å²) in [5, 5.41) is 3.89. The first-order valence-corrected chi connectivity index (χ1v) is 9.26. The van der Waals surface area contributed by atoms with Crippen LogP contribution in [0.4, 0.5) is 18.3 Å². The summed E-state index contributed by atoms with van der Waals surface area (Å²) in [5.74, 6) is 0.119. The minimum absolute atomic E-state index is 0.112. The van der Waals surface area contributed by atoms with Crippen LogP contribution < -0.4 is 4.90 Å². The molecule has 1 aliphatic rings. The third kappa shape index (κ3) is 3.36. The largest absolute Gasteiger partial charge is 0.434 e. The third-order valence-electron chi connectivity index (χ3n) is 3.72. The van der Waals surface area contributed by atoms with Gasteiger partial charge in [-0.2, -0.15) is 13.2 Å². The van der Waals surface area contributed by atoms with Gasteiger partial charge in [0.15, 0.2) is 21.7 Å². The van der Waals surface area contributed by atoms with Crippen molar-refractivity contribution in [2.24, 2.45) is 0 Å². The van der Waals surface area contributed by atoms with Crippen molar-refractivity contribution in [1.29, 1.82) is 0 Å². The van der Waals surface area contributed by atoms with E-state index in [0.29, 0.717) is 11.4 Å². The van der Waals surface area contributed by atoms with Crippen molar-refractivity contribution >= 4 is 27.8 Å². The van der Waals surface area contributed by atoms with E-state index in [9.17, 15) is 13.2 Å². The monoisotopic (exact) mass is 382 g/mol. The molecule has 10 heteroatoms. The molecule has 1 radical (unpaired) electrons. The van der Waals surface area contributed by atoms with Gasteiger partial charge in [0.2, 0.25) is 0 Å². The van der Waals surface area contributed by atoms with E-state index in [-0.39, 0.29) is 10.8 Å². The molecule has 129 valence electrons. The molecule has 4 heterocycles. The zero-order valence-electron chi connectivity index (χ0n) is 12.7. The summed E-state index contributed by atoms with van der Waals surface area (Å²) in [7, 11) is 0. The number of hydrogen-bond donors (Lipinski definition) is 0. The molecule has 0 amide bonds. The Labute approximate surface area is 149 Å². The Morgan fingerprint density at radius 1 is 1.00 bits per heavy atom. The molecule has 25 heavy (non-hydrogen) atoms. The van der Waals surface area contributed by atoms with E-state index in [1.807, 2.05) is 5.38 Å². The lowest BCUT2D eigenvalue weighted by Crippen LogP contribution is -2.17. The van der Waals surface area contributed by atoms with E-state index in [2.05, 4.69) is 31.0 Å². The first-order chi connectivity index (χ1) is 12.0. The highest BCUT2D eigenvalue weighted by Crippen LogP contribution is 2.33. The van der Waals surface area contributed by atoms with Crippen molar-refractivity contribution in [2.45, 2.75) is 19.0 Å². The Morgan fingerprint density at radius 3 is 2.52 bits per heavy atom. The van der Waals surface area contributed by atoms with Crippen LogP contribution in [0.1, 0.15) is 18.5 Å². The fourth-order valence-corrected chi connectivity index (χ4v) is 4.13. The van der Waals surface area contributed by atoms with E-state index in [4.69, 9.17) is 0 Å². The van der Waals surface area contributed by atoms with Gasteiger partial charge >= 0.3 is 6.18 Å². The lowest BCUT2D eigenvalue weighted by Gasteiger charge is -2.12. The molecule has 0 aliphatic carbocycles. The van der Waals surface area contributed by atoms with Gasteiger partial charge in [-0.15, -0.1) is 22.7 Å². The molecule has 5 nitrogen and oxygen atoms in total. The molecule has 1 aliphatic heterocycles. The fraction of sp³-hybridized carbons (Fsp3) is 0.333. The van der Waals surface area contributed by atoms with E-state index in [0.717, 1.165) is 47.8 Å². The van der Waals surface area contributed by atoms with Crippen LogP contribution in [0.25, 0.3) is 22.2 Å². The lowest BCUT2D eigenvalue weighted by atomic mass is 10.3. The molecule has 1 saturated heterocycles. The third-order valence-corrected chi connectivity index (χ3v) is 5.45. The van der Waals surface area contributed by atoms with Gasteiger partial charge < -0.3 is 4.90 Å². The highest BCUT2D eigenvalue weighted by atomic mass is 32.1. The minimum atomic E-state index is -4.48. The van der Waals surface area contributed by atoms with Gasteiger partial charge in [-0.25, -0.2) is 19.9 Å². The molecule has 3 aromatic heterocycles. The topological polar surface area (TPSA) is 54.8 Å². The van der Waals surface area contributed by atoms with Crippen LogP contribution in [0.3, 0.4) is 0 Å². The van der Waals surface area contributed by atoms with E-state index < -0.39 is 11.9 Å². The van der Waals surface area contributed by atoms with E-state index >= 15 is 0 Å². The maximum atomic E-state index is 12.7. The second-order valence-electron chi connectivity index (χ2n) is 5.45. The molecule has 3 aromatic rings. The predicted octanol–water partition coefficient (Wildman–Crippen LogP) is 4.14. The number of thiazole rings is 2. The quantitative estimate of drug-likeness (QED) is 0.681. The molecule has 4 rings (SSSR count). The lowest BCUT2D eigenvalue weighted by molar-refractivity contribution is -0.140. The predicted molar refractivity (Wildman–Crippen MR) is 89.5 cm³/mol. The van der Waals surface area contributed by atoms with Crippen molar-refractivity contribution in [2.75, 3.05) is 18.0 Å². The molecule has 0 unspecified atom stereocenters. The maximum absolute atomic E-state index is 12.7. The van der Waals surface area contributed by atoms with Crippen LogP contribution in [0.5, 0.6) is 0 Å². The SMILES string of the molecule is FC(F)(F)c1csc(-c2n[c]cc(-c3csc(N4CCCC4)n3)n2)n1. The summed E-state index contributed by atoms with van der Waals surface area (Å²) < 4.78 is 38.1. The maximum Gasteiger partial charge on any atom is 0.434 e. The van der Waals surface area contributed by atoms with Gasteiger partial charge in [0.25, 0.3) is 0 Å². The molecule has 0 bridgehead atoms. The Kier molecular flexibility index (Phi) is 4.16. The van der Waals surface area contributed by atoms with Crippen molar-refractivity contribution < 1.29 is 13.2 Å². The van der Waals surface area contributed by atoms with Crippen LogP contribution in [-0.2, 0) is 6.18 Å². The Morgan fingerprint density at radius 2 is 1.80 bits per heavy atom. The van der Waals surface area contributed by atoms with Crippen LogP contribution in [0, 0.1) is 6.20 Å². The van der Waals surface area contributed by atoms with Crippen LogP contribution >= 0.6 is 22.7 Å². The minimum Gasteiger partial charge on any atom is -0.348 e. The fourth-order valence-electron chi connectivity index (χ4n) is 2.50. The molecule has 0 saturated carbocycles. The number of anilines is 1. The number of rotatable bonds is 3. The molecule has 0 atom stereocenters. The van der Waals surface area contributed by atoms with E-state index in [1.54, 1.807) is 6.07 Å².